The van der Waals surface area contributed by atoms with Gasteiger partial charge in [-0.2, -0.15) is 0 Å². The Balaban J connectivity index is 1.86. The quantitative estimate of drug-likeness (QED) is 0.482. The molecule has 0 N–H and O–H groups in total. The van der Waals surface area contributed by atoms with Crippen LogP contribution in [0.4, 0.5) is 0 Å². The molecule has 0 aliphatic rings. The average molecular weight is 341 g/mol. The molecule has 1 aromatic rings. The summed E-state index contributed by atoms with van der Waals surface area (Å²) in [5.74, 6) is 0. The van der Waals surface area contributed by atoms with E-state index in [-0.39, 0.29) is 0 Å². The van der Waals surface area contributed by atoms with Gasteiger partial charge in [0.25, 0.3) is 0 Å². The fourth-order valence-electron chi connectivity index (χ4n) is 1.91. The first-order valence-corrected chi connectivity index (χ1v) is 9.22. The third kappa shape index (κ3) is 8.49. The van der Waals surface area contributed by atoms with Gasteiger partial charge in [0.1, 0.15) is 0 Å². The fraction of sp³-hybridized carbons (Fsp3) is 0.571. The van der Waals surface area contributed by atoms with Crippen LogP contribution in [0.3, 0.4) is 0 Å². The van der Waals surface area contributed by atoms with Crippen molar-refractivity contribution in [3.63, 3.8) is 0 Å². The molecule has 0 spiro atoms. The van der Waals surface area contributed by atoms with Crippen molar-refractivity contribution < 1.29 is 6.15 Å². The van der Waals surface area contributed by atoms with Crippen molar-refractivity contribution in [2.45, 2.75) is 44.9 Å². The molecule has 1 rings (SSSR count). The summed E-state index contributed by atoms with van der Waals surface area (Å²) in [4.78, 5) is 0. The summed E-state index contributed by atoms with van der Waals surface area (Å²) in [5, 5.41) is 0. The number of unbranched alkanes of at least 4 members (excludes halogenated alkanes) is 5. The van der Waals surface area contributed by atoms with Gasteiger partial charge in [0.15, 0.2) is 0 Å². The van der Waals surface area contributed by atoms with Crippen LogP contribution in [0.15, 0.2) is 30.3 Å². The van der Waals surface area contributed by atoms with E-state index in [1.807, 2.05) is 0 Å². The third-order valence-electron chi connectivity index (χ3n) is 2.89. The van der Waals surface area contributed by atoms with E-state index in [2.05, 4.69) is 30.3 Å². The van der Waals surface area contributed by atoms with E-state index in [9.17, 15) is 3.08 Å². The van der Waals surface area contributed by atoms with E-state index in [1.165, 1.54) is 44.1 Å². The van der Waals surface area contributed by atoms with Crippen molar-refractivity contribution in [2.75, 3.05) is 6.61 Å². The zero-order chi connectivity index (χ0) is 12.2. The van der Waals surface area contributed by atoms with E-state index in [1.54, 1.807) is 0 Å². The van der Waals surface area contributed by atoms with Crippen molar-refractivity contribution in [1.82, 2.24) is 0 Å². The summed E-state index contributed by atoms with van der Waals surface area (Å²) in [6.07, 6.45) is 8.69. The van der Waals surface area contributed by atoms with Crippen LogP contribution < -0.4 is 0 Å². The third-order valence-corrected chi connectivity index (χ3v) is 3.95. The molecule has 0 saturated heterocycles. The standard InChI is InChI=1S/C14H21O.O.Sn.H/c15-13-9-4-2-1-3-6-10-14-11-7-5-8-12-14;;;/h5,7-8,11-12H,1-4,6,9-10,13H2;;;/q-1;;+1;. The second kappa shape index (κ2) is 10.9. The molecule has 3 heteroatoms. The first kappa shape index (κ1) is 14.8. The SMILES string of the molecule is [O]=[SnH][O]CCCCCCCCc1ccccc1. The Bertz CT molecular complexity index is 288. The van der Waals surface area contributed by atoms with Crippen LogP contribution in [0.5, 0.6) is 0 Å². The number of benzene rings is 1. The normalized spacial score (nSPS) is 10.4. The van der Waals surface area contributed by atoms with Gasteiger partial charge in [0.05, 0.1) is 0 Å². The number of rotatable bonds is 10. The molecule has 0 aromatic heterocycles. The molecule has 0 atom stereocenters. The van der Waals surface area contributed by atoms with E-state index < -0.39 is 21.5 Å². The van der Waals surface area contributed by atoms with Crippen molar-refractivity contribution in [2.24, 2.45) is 0 Å². The molecule has 0 aliphatic heterocycles. The number of hydrogen-bond acceptors (Lipinski definition) is 2. The molecule has 0 unspecified atom stereocenters. The molecule has 0 amide bonds. The Hall–Kier alpha value is -0.221. The summed E-state index contributed by atoms with van der Waals surface area (Å²) in [7, 11) is 0. The second-order valence-corrected chi connectivity index (χ2v) is 5.82. The topological polar surface area (TPSA) is 26.3 Å². The van der Waals surface area contributed by atoms with Gasteiger partial charge in [0, 0.05) is 0 Å². The molecule has 1 aromatic carbocycles. The maximum absolute atomic E-state index is 10.2. The van der Waals surface area contributed by atoms with Gasteiger partial charge >= 0.3 is 109 Å². The summed E-state index contributed by atoms with van der Waals surface area (Å²) in [6.45, 7) is 0.717. The predicted molar refractivity (Wildman–Crippen MR) is 71.6 cm³/mol. The van der Waals surface area contributed by atoms with E-state index in [0.29, 0.717) is 6.61 Å². The monoisotopic (exact) mass is 342 g/mol. The zero-order valence-corrected chi connectivity index (χ0v) is 13.7. The molecular weight excluding hydrogens is 319 g/mol. The van der Waals surface area contributed by atoms with Crippen LogP contribution in [0.1, 0.15) is 44.1 Å². The second-order valence-electron chi connectivity index (χ2n) is 4.32. The predicted octanol–water partition coefficient (Wildman–Crippen LogP) is 3.28. The van der Waals surface area contributed by atoms with Crippen LogP contribution in [0, 0.1) is 0 Å². The summed E-state index contributed by atoms with van der Waals surface area (Å²) in [5.41, 5.74) is 1.45. The van der Waals surface area contributed by atoms with Crippen LogP contribution in [-0.2, 0) is 12.6 Å². The first-order valence-electron chi connectivity index (χ1n) is 6.52. The van der Waals surface area contributed by atoms with Gasteiger partial charge in [-0.25, -0.2) is 0 Å². The molecule has 2 nitrogen and oxygen atoms in total. The molecule has 17 heavy (non-hydrogen) atoms. The molecule has 0 bridgehead atoms. The Morgan fingerprint density at radius 3 is 2.24 bits per heavy atom. The summed E-state index contributed by atoms with van der Waals surface area (Å²) < 4.78 is 15.2. The number of aryl methyl sites for hydroxylation is 1. The molecule has 0 aliphatic carbocycles. The van der Waals surface area contributed by atoms with E-state index >= 15 is 0 Å². The van der Waals surface area contributed by atoms with Crippen LogP contribution >= 0.6 is 0 Å². The van der Waals surface area contributed by atoms with Gasteiger partial charge in [-0.3, -0.25) is 0 Å². The van der Waals surface area contributed by atoms with Crippen LogP contribution in [0.25, 0.3) is 0 Å². The van der Waals surface area contributed by atoms with Crippen LogP contribution in [0.2, 0.25) is 0 Å². The Morgan fingerprint density at radius 2 is 1.53 bits per heavy atom. The molecule has 94 valence electrons. The Labute approximate surface area is 115 Å². The fourth-order valence-corrected chi connectivity index (χ4v) is 2.66. The summed E-state index contributed by atoms with van der Waals surface area (Å²) in [6, 6.07) is 10.7. The maximum atomic E-state index is 10.2. The van der Waals surface area contributed by atoms with Gasteiger partial charge in [-0.05, 0) is 0 Å². The van der Waals surface area contributed by atoms with Crippen molar-refractivity contribution in [1.29, 1.82) is 0 Å². The number of hydrogen-bond donors (Lipinski definition) is 0. The van der Waals surface area contributed by atoms with Gasteiger partial charge in [-0.15, -0.1) is 0 Å². The van der Waals surface area contributed by atoms with Crippen molar-refractivity contribution in [3.8, 4) is 0 Å². The summed E-state index contributed by atoms with van der Waals surface area (Å²) >= 11 is -1.79. The van der Waals surface area contributed by atoms with Gasteiger partial charge in [0.2, 0.25) is 0 Å². The van der Waals surface area contributed by atoms with E-state index in [4.69, 9.17) is 3.07 Å². The minimum atomic E-state index is -1.79. The zero-order valence-electron chi connectivity index (χ0n) is 10.4. The molecule has 0 heterocycles. The minimum absolute atomic E-state index is 0.717. The average Bonchev–Trinajstić information content (AvgIpc) is 2.38. The molecule has 0 saturated carbocycles. The van der Waals surface area contributed by atoms with Crippen molar-refractivity contribution in [3.05, 3.63) is 35.9 Å². The molecule has 0 radical (unpaired) electrons. The van der Waals surface area contributed by atoms with E-state index in [0.717, 1.165) is 6.42 Å². The first-order chi connectivity index (χ1) is 8.43. The van der Waals surface area contributed by atoms with Gasteiger partial charge in [-0.1, -0.05) is 6.07 Å². The Kier molecular flexibility index (Phi) is 9.52. The van der Waals surface area contributed by atoms with Crippen LogP contribution in [-0.4, -0.2) is 28.1 Å². The Morgan fingerprint density at radius 1 is 0.882 bits per heavy atom. The van der Waals surface area contributed by atoms with Gasteiger partial charge < -0.3 is 0 Å². The van der Waals surface area contributed by atoms with Crippen molar-refractivity contribution >= 4 is 21.5 Å². The molecule has 0 fully saturated rings. The molecular formula is C14H22O2Sn.